The summed E-state index contributed by atoms with van der Waals surface area (Å²) in [4.78, 5) is 18.4. The van der Waals surface area contributed by atoms with Crippen molar-refractivity contribution in [3.63, 3.8) is 0 Å². The van der Waals surface area contributed by atoms with E-state index in [0.717, 1.165) is 31.2 Å². The van der Waals surface area contributed by atoms with Crippen molar-refractivity contribution in [3.8, 4) is 0 Å². The zero-order valence-corrected chi connectivity index (χ0v) is 11.7. The minimum absolute atomic E-state index is 0.256. The van der Waals surface area contributed by atoms with E-state index < -0.39 is 5.60 Å². The number of amides is 1. The Balaban J connectivity index is 1.74. The molecule has 0 aromatic carbocycles. The average Bonchev–Trinajstić information content (AvgIpc) is 2.83. The van der Waals surface area contributed by atoms with Crippen LogP contribution in [-0.2, 0) is 30.9 Å². The molecule has 1 aromatic heterocycles. The van der Waals surface area contributed by atoms with E-state index in [1.807, 2.05) is 20.8 Å². The molecule has 0 unspecified atom stereocenters. The van der Waals surface area contributed by atoms with Crippen molar-refractivity contribution in [2.45, 2.75) is 52.6 Å². The van der Waals surface area contributed by atoms with Gasteiger partial charge < -0.3 is 14.6 Å². The smallest absolute Gasteiger partial charge is 0.410 e. The number of hydrogen-bond donors (Lipinski definition) is 1. The molecule has 0 aliphatic carbocycles. The molecule has 1 amide bonds. The van der Waals surface area contributed by atoms with Crippen molar-refractivity contribution in [1.82, 2.24) is 19.8 Å². The number of fused-ring (bicyclic) bond motifs is 3. The first-order valence-corrected chi connectivity index (χ1v) is 6.70. The van der Waals surface area contributed by atoms with Crippen LogP contribution in [0.5, 0.6) is 0 Å². The Hall–Kier alpha value is -1.56. The van der Waals surface area contributed by atoms with E-state index in [9.17, 15) is 4.79 Å². The standard InChI is InChI=1S/C13H20N4O2/c1-13(2,3)19-12(18)16-7-9-10(8-16)17-5-4-14-6-11(17)15-9/h14H,4-8H2,1-3H3. The number of aromatic nitrogens is 2. The Morgan fingerprint density at radius 1 is 1.37 bits per heavy atom. The van der Waals surface area contributed by atoms with Gasteiger partial charge in [-0.3, -0.25) is 4.90 Å². The molecule has 0 spiro atoms. The lowest BCUT2D eigenvalue weighted by molar-refractivity contribution is 0.0237. The Bertz CT molecular complexity index is 515. The monoisotopic (exact) mass is 264 g/mol. The maximum atomic E-state index is 12.0. The van der Waals surface area contributed by atoms with E-state index in [-0.39, 0.29) is 6.09 Å². The summed E-state index contributed by atoms with van der Waals surface area (Å²) in [5, 5.41) is 3.31. The zero-order chi connectivity index (χ0) is 13.6. The van der Waals surface area contributed by atoms with Crippen LogP contribution < -0.4 is 5.32 Å². The Labute approximate surface area is 112 Å². The molecule has 0 radical (unpaired) electrons. The third-order valence-corrected chi connectivity index (χ3v) is 3.36. The SMILES string of the molecule is CC(C)(C)OC(=O)N1Cc2nc3n(c2C1)CCNC3. The van der Waals surface area contributed by atoms with Gasteiger partial charge in [0.05, 0.1) is 31.0 Å². The first kappa shape index (κ1) is 12.5. The summed E-state index contributed by atoms with van der Waals surface area (Å²) >= 11 is 0. The molecular weight excluding hydrogens is 244 g/mol. The van der Waals surface area contributed by atoms with Gasteiger partial charge in [-0.15, -0.1) is 0 Å². The number of ether oxygens (including phenoxy) is 1. The fourth-order valence-corrected chi connectivity index (χ4v) is 2.56. The summed E-state index contributed by atoms with van der Waals surface area (Å²) < 4.78 is 7.64. The highest BCUT2D eigenvalue weighted by molar-refractivity contribution is 5.69. The third kappa shape index (κ3) is 2.32. The quantitative estimate of drug-likeness (QED) is 0.766. The van der Waals surface area contributed by atoms with Crippen molar-refractivity contribution in [2.24, 2.45) is 0 Å². The third-order valence-electron chi connectivity index (χ3n) is 3.36. The number of imidazole rings is 1. The summed E-state index contributed by atoms with van der Waals surface area (Å²) in [6, 6.07) is 0. The highest BCUT2D eigenvalue weighted by atomic mass is 16.6. The molecule has 6 nitrogen and oxygen atoms in total. The molecule has 3 rings (SSSR count). The van der Waals surface area contributed by atoms with Crippen LogP contribution in [-0.4, -0.2) is 32.7 Å². The van der Waals surface area contributed by atoms with Gasteiger partial charge in [-0.1, -0.05) is 0 Å². The number of nitrogens with zero attached hydrogens (tertiary/aromatic N) is 3. The molecule has 6 heteroatoms. The molecule has 0 fully saturated rings. The fraction of sp³-hybridized carbons (Fsp3) is 0.692. The minimum atomic E-state index is -0.451. The molecule has 0 saturated carbocycles. The van der Waals surface area contributed by atoms with E-state index in [0.29, 0.717) is 13.1 Å². The summed E-state index contributed by atoms with van der Waals surface area (Å²) in [5.41, 5.74) is 1.74. The van der Waals surface area contributed by atoms with Gasteiger partial charge in [-0.25, -0.2) is 9.78 Å². The zero-order valence-electron chi connectivity index (χ0n) is 11.7. The van der Waals surface area contributed by atoms with E-state index in [1.54, 1.807) is 4.90 Å². The van der Waals surface area contributed by atoms with Gasteiger partial charge in [-0.2, -0.15) is 0 Å². The van der Waals surface area contributed by atoms with Crippen molar-refractivity contribution in [3.05, 3.63) is 17.2 Å². The predicted molar refractivity (Wildman–Crippen MR) is 69.4 cm³/mol. The Morgan fingerprint density at radius 3 is 2.89 bits per heavy atom. The van der Waals surface area contributed by atoms with Crippen LogP contribution in [0.3, 0.4) is 0 Å². The molecule has 1 aromatic rings. The van der Waals surface area contributed by atoms with E-state index in [1.165, 1.54) is 5.69 Å². The van der Waals surface area contributed by atoms with Crippen LogP contribution in [0.1, 0.15) is 38.0 Å². The van der Waals surface area contributed by atoms with E-state index in [4.69, 9.17) is 4.74 Å². The molecule has 0 atom stereocenters. The van der Waals surface area contributed by atoms with Gasteiger partial charge >= 0.3 is 6.09 Å². The lowest BCUT2D eigenvalue weighted by Crippen LogP contribution is -2.35. The maximum Gasteiger partial charge on any atom is 0.410 e. The summed E-state index contributed by atoms with van der Waals surface area (Å²) in [7, 11) is 0. The molecule has 2 aliphatic heterocycles. The van der Waals surface area contributed by atoms with Gasteiger partial charge in [0.2, 0.25) is 0 Å². The first-order valence-electron chi connectivity index (χ1n) is 6.70. The van der Waals surface area contributed by atoms with Crippen LogP contribution in [0.25, 0.3) is 0 Å². The van der Waals surface area contributed by atoms with Crippen molar-refractivity contribution < 1.29 is 9.53 Å². The van der Waals surface area contributed by atoms with Crippen LogP contribution in [0.2, 0.25) is 0 Å². The molecule has 1 N–H and O–H groups in total. The number of nitrogens with one attached hydrogen (secondary N) is 1. The van der Waals surface area contributed by atoms with Crippen molar-refractivity contribution in [2.75, 3.05) is 6.54 Å². The van der Waals surface area contributed by atoms with Gasteiger partial charge in [0, 0.05) is 13.1 Å². The number of carbonyl (C=O) groups excluding carboxylic acids is 1. The highest BCUT2D eigenvalue weighted by Crippen LogP contribution is 2.26. The second-order valence-electron chi connectivity index (χ2n) is 6.09. The van der Waals surface area contributed by atoms with Crippen molar-refractivity contribution >= 4 is 6.09 Å². The van der Waals surface area contributed by atoms with E-state index >= 15 is 0 Å². The molecule has 2 aliphatic rings. The highest BCUT2D eigenvalue weighted by Gasteiger charge is 2.32. The summed E-state index contributed by atoms with van der Waals surface area (Å²) in [6.07, 6.45) is -0.256. The van der Waals surface area contributed by atoms with Crippen LogP contribution in [0.15, 0.2) is 0 Å². The largest absolute Gasteiger partial charge is 0.444 e. The lowest BCUT2D eigenvalue weighted by atomic mass is 10.2. The normalized spacial score (nSPS) is 18.2. The van der Waals surface area contributed by atoms with Crippen LogP contribution in [0.4, 0.5) is 4.79 Å². The van der Waals surface area contributed by atoms with Gasteiger partial charge in [0.25, 0.3) is 0 Å². The second-order valence-corrected chi connectivity index (χ2v) is 6.09. The summed E-state index contributed by atoms with van der Waals surface area (Å²) in [6.45, 7) is 9.53. The van der Waals surface area contributed by atoms with Gasteiger partial charge in [-0.05, 0) is 20.8 Å². The second kappa shape index (κ2) is 4.23. The van der Waals surface area contributed by atoms with Crippen LogP contribution in [0, 0.1) is 0 Å². The van der Waals surface area contributed by atoms with Crippen LogP contribution >= 0.6 is 0 Å². The fourth-order valence-electron chi connectivity index (χ4n) is 2.56. The lowest BCUT2D eigenvalue weighted by Gasteiger charge is -2.24. The maximum absolute atomic E-state index is 12.0. The molecular formula is C13H20N4O2. The van der Waals surface area contributed by atoms with Crippen molar-refractivity contribution in [1.29, 1.82) is 0 Å². The van der Waals surface area contributed by atoms with E-state index in [2.05, 4.69) is 14.9 Å². The number of rotatable bonds is 0. The Kier molecular flexibility index (Phi) is 2.78. The molecule has 0 bridgehead atoms. The predicted octanol–water partition coefficient (Wildman–Crippen LogP) is 1.24. The number of carbonyl (C=O) groups is 1. The minimum Gasteiger partial charge on any atom is -0.444 e. The van der Waals surface area contributed by atoms with Gasteiger partial charge in [0.15, 0.2) is 0 Å². The first-order chi connectivity index (χ1) is 8.94. The molecule has 3 heterocycles. The Morgan fingerprint density at radius 2 is 2.16 bits per heavy atom. The molecule has 104 valence electrons. The molecule has 0 saturated heterocycles. The number of hydrogen-bond acceptors (Lipinski definition) is 4. The van der Waals surface area contributed by atoms with Gasteiger partial charge in [0.1, 0.15) is 11.4 Å². The average molecular weight is 264 g/mol. The topological polar surface area (TPSA) is 59.4 Å². The summed E-state index contributed by atoms with van der Waals surface area (Å²) in [5.74, 6) is 1.08. The molecule has 19 heavy (non-hydrogen) atoms.